The van der Waals surface area contributed by atoms with Gasteiger partial charge in [0.25, 0.3) is 0 Å². The maximum atomic E-state index is 12.4. The van der Waals surface area contributed by atoms with E-state index in [4.69, 9.17) is 4.74 Å². The number of amides is 1. The zero-order chi connectivity index (χ0) is 17.8. The number of benzene rings is 2. The van der Waals surface area contributed by atoms with Crippen LogP contribution in [-0.2, 0) is 17.6 Å². The van der Waals surface area contributed by atoms with Crippen molar-refractivity contribution >= 4 is 5.91 Å². The van der Waals surface area contributed by atoms with Crippen molar-refractivity contribution in [1.82, 2.24) is 5.32 Å². The first-order chi connectivity index (χ1) is 12.1. The average molecular weight is 337 g/mol. The van der Waals surface area contributed by atoms with E-state index in [1.807, 2.05) is 6.07 Å². The van der Waals surface area contributed by atoms with Gasteiger partial charge in [0.2, 0.25) is 5.91 Å². The van der Waals surface area contributed by atoms with Crippen LogP contribution < -0.4 is 10.1 Å². The second-order valence-electron chi connectivity index (χ2n) is 7.00. The lowest BCUT2D eigenvalue weighted by atomic mass is 9.87. The van der Waals surface area contributed by atoms with E-state index in [1.54, 1.807) is 7.11 Å². The van der Waals surface area contributed by atoms with E-state index in [-0.39, 0.29) is 11.9 Å². The summed E-state index contributed by atoms with van der Waals surface area (Å²) in [6, 6.07) is 12.8. The number of fused-ring (bicyclic) bond motifs is 1. The maximum absolute atomic E-state index is 12.4. The second-order valence-corrected chi connectivity index (χ2v) is 7.00. The number of methoxy groups -OCH3 is 1. The number of hydrogen-bond donors (Lipinski definition) is 1. The van der Waals surface area contributed by atoms with Crippen LogP contribution in [0.25, 0.3) is 0 Å². The van der Waals surface area contributed by atoms with Crippen LogP contribution >= 0.6 is 0 Å². The Bertz CT molecular complexity index is 767. The summed E-state index contributed by atoms with van der Waals surface area (Å²) in [6.45, 7) is 4.23. The highest BCUT2D eigenvalue weighted by molar-refractivity contribution is 5.76. The molecule has 0 radical (unpaired) electrons. The fourth-order valence-electron chi connectivity index (χ4n) is 3.55. The predicted molar refractivity (Wildman–Crippen MR) is 101 cm³/mol. The van der Waals surface area contributed by atoms with Crippen molar-refractivity contribution in [1.29, 1.82) is 0 Å². The van der Waals surface area contributed by atoms with Gasteiger partial charge in [-0.05, 0) is 79.5 Å². The summed E-state index contributed by atoms with van der Waals surface area (Å²) in [4.78, 5) is 12.4. The average Bonchev–Trinajstić information content (AvgIpc) is 2.62. The van der Waals surface area contributed by atoms with Gasteiger partial charge in [-0.2, -0.15) is 0 Å². The quantitative estimate of drug-likeness (QED) is 0.876. The lowest BCUT2D eigenvalue weighted by Crippen LogP contribution is -2.31. The van der Waals surface area contributed by atoms with Crippen molar-refractivity contribution in [3.05, 3.63) is 64.2 Å². The van der Waals surface area contributed by atoms with Crippen LogP contribution in [-0.4, -0.2) is 13.0 Å². The second kappa shape index (κ2) is 7.73. The number of hydrogen-bond acceptors (Lipinski definition) is 2. The monoisotopic (exact) mass is 337 g/mol. The molecular formula is C22H27NO2. The number of carbonyl (C=O) groups is 1. The van der Waals surface area contributed by atoms with E-state index in [0.29, 0.717) is 6.42 Å². The van der Waals surface area contributed by atoms with Gasteiger partial charge in [-0.25, -0.2) is 0 Å². The molecule has 0 fully saturated rings. The molecule has 2 aromatic rings. The molecule has 0 bridgehead atoms. The lowest BCUT2D eigenvalue weighted by Gasteiger charge is -2.27. The molecule has 0 aromatic heterocycles. The summed E-state index contributed by atoms with van der Waals surface area (Å²) in [5.41, 5.74) is 6.35. The molecule has 132 valence electrons. The molecule has 0 saturated carbocycles. The van der Waals surface area contributed by atoms with E-state index >= 15 is 0 Å². The fourth-order valence-corrected chi connectivity index (χ4v) is 3.55. The predicted octanol–water partition coefficient (Wildman–Crippen LogP) is 4.44. The van der Waals surface area contributed by atoms with Crippen molar-refractivity contribution in [2.45, 2.75) is 52.0 Å². The van der Waals surface area contributed by atoms with Gasteiger partial charge in [-0.3, -0.25) is 4.79 Å². The van der Waals surface area contributed by atoms with Crippen molar-refractivity contribution in [3.63, 3.8) is 0 Å². The number of carbonyl (C=O) groups excluding carboxylic acids is 1. The molecule has 0 aliphatic heterocycles. The van der Waals surface area contributed by atoms with E-state index in [0.717, 1.165) is 31.4 Å². The van der Waals surface area contributed by atoms with Gasteiger partial charge in [0.1, 0.15) is 5.75 Å². The third kappa shape index (κ3) is 4.22. The molecule has 1 aliphatic carbocycles. The smallest absolute Gasteiger partial charge is 0.220 e. The Hall–Kier alpha value is -2.29. The third-order valence-corrected chi connectivity index (χ3v) is 5.21. The Labute approximate surface area is 150 Å². The molecule has 1 aliphatic rings. The van der Waals surface area contributed by atoms with Gasteiger partial charge < -0.3 is 10.1 Å². The summed E-state index contributed by atoms with van der Waals surface area (Å²) in [5, 5.41) is 3.23. The maximum Gasteiger partial charge on any atom is 0.220 e. The number of rotatable bonds is 5. The molecular weight excluding hydrogens is 310 g/mol. The van der Waals surface area contributed by atoms with E-state index in [1.165, 1.54) is 27.8 Å². The normalized spacial score (nSPS) is 16.2. The fraction of sp³-hybridized carbons (Fsp3) is 0.409. The van der Waals surface area contributed by atoms with Gasteiger partial charge in [0.05, 0.1) is 13.2 Å². The van der Waals surface area contributed by atoms with E-state index in [2.05, 4.69) is 49.5 Å². The largest absolute Gasteiger partial charge is 0.497 e. The van der Waals surface area contributed by atoms with Crippen molar-refractivity contribution in [2.24, 2.45) is 0 Å². The number of nitrogens with one attached hydrogen (secondary N) is 1. The molecule has 0 spiro atoms. The summed E-state index contributed by atoms with van der Waals surface area (Å²) in [7, 11) is 1.69. The SMILES string of the molecule is COc1ccc2c(c1)CCC[C@H]2NC(=O)CCc1ccc(C)c(C)c1. The molecule has 1 atom stereocenters. The summed E-state index contributed by atoms with van der Waals surface area (Å²) in [6.07, 6.45) is 4.48. The minimum absolute atomic E-state index is 0.127. The molecule has 25 heavy (non-hydrogen) atoms. The van der Waals surface area contributed by atoms with Crippen LogP contribution in [0.5, 0.6) is 5.75 Å². The standard InChI is InChI=1S/C22H27NO2/c1-15-7-8-17(13-16(15)2)9-12-22(24)23-21-6-4-5-18-14-19(25-3)10-11-20(18)21/h7-8,10-11,13-14,21H,4-6,9,12H2,1-3H3,(H,23,24)/t21-/m1/s1. The van der Waals surface area contributed by atoms with Crippen LogP contribution in [0.4, 0.5) is 0 Å². The molecule has 3 rings (SSSR count). The first-order valence-corrected chi connectivity index (χ1v) is 9.09. The minimum atomic E-state index is 0.127. The van der Waals surface area contributed by atoms with Crippen LogP contribution in [0.15, 0.2) is 36.4 Å². The Balaban J connectivity index is 1.61. The van der Waals surface area contributed by atoms with Gasteiger partial charge in [0.15, 0.2) is 0 Å². The third-order valence-electron chi connectivity index (χ3n) is 5.21. The van der Waals surface area contributed by atoms with Gasteiger partial charge >= 0.3 is 0 Å². The highest BCUT2D eigenvalue weighted by Crippen LogP contribution is 2.32. The van der Waals surface area contributed by atoms with Crippen LogP contribution in [0.1, 0.15) is 53.1 Å². The molecule has 3 heteroatoms. The number of aryl methyl sites for hydroxylation is 4. The Kier molecular flexibility index (Phi) is 5.42. The zero-order valence-electron chi connectivity index (χ0n) is 15.4. The van der Waals surface area contributed by atoms with Crippen molar-refractivity contribution in [3.8, 4) is 5.75 Å². The first-order valence-electron chi connectivity index (χ1n) is 9.09. The highest BCUT2D eigenvalue weighted by atomic mass is 16.5. The van der Waals surface area contributed by atoms with Crippen LogP contribution in [0.2, 0.25) is 0 Å². The van der Waals surface area contributed by atoms with Gasteiger partial charge in [-0.1, -0.05) is 24.3 Å². The number of ether oxygens (including phenoxy) is 1. The zero-order valence-corrected chi connectivity index (χ0v) is 15.4. The minimum Gasteiger partial charge on any atom is -0.497 e. The molecule has 0 unspecified atom stereocenters. The van der Waals surface area contributed by atoms with Crippen LogP contribution in [0.3, 0.4) is 0 Å². The molecule has 3 nitrogen and oxygen atoms in total. The van der Waals surface area contributed by atoms with E-state index in [9.17, 15) is 4.79 Å². The summed E-state index contributed by atoms with van der Waals surface area (Å²) < 4.78 is 5.31. The highest BCUT2D eigenvalue weighted by Gasteiger charge is 2.22. The van der Waals surface area contributed by atoms with Crippen molar-refractivity contribution < 1.29 is 9.53 Å². The molecule has 0 saturated heterocycles. The van der Waals surface area contributed by atoms with Gasteiger partial charge in [-0.15, -0.1) is 0 Å². The molecule has 1 amide bonds. The van der Waals surface area contributed by atoms with E-state index < -0.39 is 0 Å². The molecule has 0 heterocycles. The topological polar surface area (TPSA) is 38.3 Å². The lowest BCUT2D eigenvalue weighted by molar-refractivity contribution is -0.121. The Morgan fingerprint density at radius 1 is 1.16 bits per heavy atom. The summed E-state index contributed by atoms with van der Waals surface area (Å²) >= 11 is 0. The summed E-state index contributed by atoms with van der Waals surface area (Å²) in [5.74, 6) is 1.02. The Morgan fingerprint density at radius 3 is 2.76 bits per heavy atom. The van der Waals surface area contributed by atoms with Gasteiger partial charge in [0, 0.05) is 6.42 Å². The molecule has 1 N–H and O–H groups in total. The molecule has 2 aromatic carbocycles. The first kappa shape index (κ1) is 17.5. The Morgan fingerprint density at radius 2 is 2.00 bits per heavy atom. The van der Waals surface area contributed by atoms with Crippen molar-refractivity contribution in [2.75, 3.05) is 7.11 Å². The van der Waals surface area contributed by atoms with Crippen LogP contribution in [0, 0.1) is 13.8 Å².